The highest BCUT2D eigenvalue weighted by Crippen LogP contribution is 2.31. The molecule has 1 heterocycles. The molecular weight excluding hydrogens is 326 g/mol. The average Bonchev–Trinajstić information content (AvgIpc) is 2.46. The van der Waals surface area contributed by atoms with Gasteiger partial charge in [-0.05, 0) is 40.6 Å². The molecule has 0 radical (unpaired) electrons. The number of halogens is 1. The lowest BCUT2D eigenvalue weighted by Crippen LogP contribution is -2.28. The van der Waals surface area contributed by atoms with E-state index in [-0.39, 0.29) is 12.3 Å². The number of aliphatic hydroxyl groups excluding tert-OH is 1. The van der Waals surface area contributed by atoms with E-state index in [0.717, 1.165) is 19.4 Å². The lowest BCUT2D eigenvalue weighted by Gasteiger charge is -2.30. The zero-order chi connectivity index (χ0) is 14.5. The van der Waals surface area contributed by atoms with Crippen LogP contribution in [0.2, 0.25) is 0 Å². The predicted molar refractivity (Wildman–Crippen MR) is 79.6 cm³/mol. The first-order valence-corrected chi connectivity index (χ1v) is 7.55. The summed E-state index contributed by atoms with van der Waals surface area (Å²) in [5.41, 5.74) is -0.0340. The first-order chi connectivity index (χ1) is 9.61. The first kappa shape index (κ1) is 15.2. The van der Waals surface area contributed by atoms with Crippen molar-refractivity contribution in [1.82, 2.24) is 4.98 Å². The van der Waals surface area contributed by atoms with Crippen LogP contribution in [0.25, 0.3) is 0 Å². The average molecular weight is 344 g/mol. The first-order valence-electron chi connectivity index (χ1n) is 6.76. The lowest BCUT2D eigenvalue weighted by atomic mass is 9.79. The maximum atomic E-state index is 10.6. The summed E-state index contributed by atoms with van der Waals surface area (Å²) in [5, 5.41) is 23.3. The van der Waals surface area contributed by atoms with E-state index in [1.54, 1.807) is 0 Å². The third-order valence-electron chi connectivity index (χ3n) is 3.87. The van der Waals surface area contributed by atoms with Gasteiger partial charge in [0.05, 0.1) is 9.40 Å². The molecule has 1 fully saturated rings. The number of nitrogens with zero attached hydrogens (tertiary/aromatic N) is 2. The second-order valence-electron chi connectivity index (χ2n) is 5.15. The Morgan fingerprint density at radius 1 is 1.45 bits per heavy atom. The topological polar surface area (TPSA) is 88.3 Å². The molecule has 0 aliphatic heterocycles. The van der Waals surface area contributed by atoms with Gasteiger partial charge in [0.1, 0.15) is 12.0 Å². The third-order valence-corrected chi connectivity index (χ3v) is 4.47. The number of aliphatic hydroxyl groups is 1. The van der Waals surface area contributed by atoms with Gasteiger partial charge in [0.2, 0.25) is 0 Å². The van der Waals surface area contributed by atoms with Crippen molar-refractivity contribution < 1.29 is 10.0 Å². The fraction of sp³-hybridized carbons (Fsp3) is 0.615. The highest BCUT2D eigenvalue weighted by molar-refractivity contribution is 9.10. The molecule has 1 saturated carbocycles. The van der Waals surface area contributed by atoms with Gasteiger partial charge >= 0.3 is 0 Å². The van der Waals surface area contributed by atoms with E-state index >= 15 is 0 Å². The Balaban J connectivity index is 1.98. The Hall–Kier alpha value is -1.21. The molecule has 6 nitrogen and oxygen atoms in total. The predicted octanol–water partition coefficient (Wildman–Crippen LogP) is 2.96. The van der Waals surface area contributed by atoms with E-state index in [9.17, 15) is 15.2 Å². The molecule has 2 rings (SSSR count). The number of pyridine rings is 1. The maximum Gasteiger partial charge on any atom is 0.288 e. The van der Waals surface area contributed by atoms with Crippen LogP contribution >= 0.6 is 15.9 Å². The van der Waals surface area contributed by atoms with Crippen LogP contribution in [0.3, 0.4) is 0 Å². The van der Waals surface area contributed by atoms with Gasteiger partial charge < -0.3 is 10.4 Å². The molecule has 0 spiro atoms. The molecular formula is C13H18BrN3O3. The zero-order valence-electron chi connectivity index (χ0n) is 11.1. The van der Waals surface area contributed by atoms with Gasteiger partial charge in [-0.3, -0.25) is 10.1 Å². The van der Waals surface area contributed by atoms with Gasteiger partial charge in [0.15, 0.2) is 0 Å². The van der Waals surface area contributed by atoms with Crippen molar-refractivity contribution in [2.45, 2.75) is 25.7 Å². The molecule has 20 heavy (non-hydrogen) atoms. The summed E-state index contributed by atoms with van der Waals surface area (Å²) in [4.78, 5) is 14.3. The standard InChI is InChI=1S/C13H18BrN3O3/c14-12-5-11(17(19)20)7-16-13(12)15-6-9-3-1-2-4-10(9)8-18/h5,7,9-10,18H,1-4,6,8H2,(H,15,16). The Labute approximate surface area is 125 Å². The fourth-order valence-electron chi connectivity index (χ4n) is 2.68. The smallest absolute Gasteiger partial charge is 0.288 e. The van der Waals surface area contributed by atoms with Crippen molar-refractivity contribution in [2.24, 2.45) is 11.8 Å². The van der Waals surface area contributed by atoms with Crippen molar-refractivity contribution in [2.75, 3.05) is 18.5 Å². The second-order valence-corrected chi connectivity index (χ2v) is 6.00. The number of hydrogen-bond acceptors (Lipinski definition) is 5. The van der Waals surface area contributed by atoms with Crippen LogP contribution in [-0.4, -0.2) is 28.2 Å². The van der Waals surface area contributed by atoms with Crippen molar-refractivity contribution >= 4 is 27.4 Å². The van der Waals surface area contributed by atoms with E-state index in [0.29, 0.717) is 22.1 Å². The number of nitrogens with one attached hydrogen (secondary N) is 1. The second kappa shape index (κ2) is 6.99. The minimum atomic E-state index is -0.468. The van der Waals surface area contributed by atoms with Gasteiger partial charge in [-0.25, -0.2) is 4.98 Å². The SMILES string of the molecule is O=[N+]([O-])c1cnc(NCC2CCCCC2CO)c(Br)c1. The quantitative estimate of drug-likeness (QED) is 0.633. The normalized spacial score (nSPS) is 22.5. The van der Waals surface area contributed by atoms with Gasteiger partial charge in [0, 0.05) is 19.2 Å². The lowest BCUT2D eigenvalue weighted by molar-refractivity contribution is -0.385. The molecule has 7 heteroatoms. The van der Waals surface area contributed by atoms with Crippen molar-refractivity contribution in [1.29, 1.82) is 0 Å². The van der Waals surface area contributed by atoms with Crippen LogP contribution < -0.4 is 5.32 Å². The molecule has 0 amide bonds. The summed E-state index contributed by atoms with van der Waals surface area (Å²) in [6.07, 6.45) is 5.79. The van der Waals surface area contributed by atoms with Gasteiger partial charge in [-0.15, -0.1) is 0 Å². The Morgan fingerprint density at radius 3 is 2.75 bits per heavy atom. The Morgan fingerprint density at radius 2 is 2.15 bits per heavy atom. The molecule has 1 aromatic rings. The van der Waals surface area contributed by atoms with Crippen molar-refractivity contribution in [3.05, 3.63) is 26.9 Å². The van der Waals surface area contributed by atoms with Crippen LogP contribution in [0.1, 0.15) is 25.7 Å². The summed E-state index contributed by atoms with van der Waals surface area (Å²) < 4.78 is 0.586. The van der Waals surface area contributed by atoms with Gasteiger partial charge in [-0.2, -0.15) is 0 Å². The number of nitro groups is 1. The number of aromatic nitrogens is 1. The largest absolute Gasteiger partial charge is 0.396 e. The van der Waals surface area contributed by atoms with E-state index in [1.807, 2.05) is 0 Å². The molecule has 2 N–H and O–H groups in total. The Bertz CT molecular complexity index is 484. The number of rotatable bonds is 5. The van der Waals surface area contributed by atoms with Gasteiger partial charge in [0.25, 0.3) is 5.69 Å². The van der Waals surface area contributed by atoms with E-state index in [4.69, 9.17) is 0 Å². The Kier molecular flexibility index (Phi) is 5.31. The molecule has 0 bridgehead atoms. The number of anilines is 1. The molecule has 1 aliphatic carbocycles. The molecule has 0 saturated heterocycles. The van der Waals surface area contributed by atoms with Crippen LogP contribution in [0.4, 0.5) is 11.5 Å². The highest BCUT2D eigenvalue weighted by Gasteiger charge is 2.24. The van der Waals surface area contributed by atoms with Crippen molar-refractivity contribution in [3.63, 3.8) is 0 Å². The summed E-state index contributed by atoms with van der Waals surface area (Å²) in [6, 6.07) is 1.44. The van der Waals surface area contributed by atoms with E-state index in [1.165, 1.54) is 25.1 Å². The molecule has 1 aromatic heterocycles. The molecule has 2 unspecified atom stereocenters. The number of hydrogen-bond donors (Lipinski definition) is 2. The molecule has 1 aliphatic rings. The molecule has 110 valence electrons. The maximum absolute atomic E-state index is 10.6. The van der Waals surface area contributed by atoms with Crippen LogP contribution in [-0.2, 0) is 0 Å². The van der Waals surface area contributed by atoms with Gasteiger partial charge in [-0.1, -0.05) is 12.8 Å². The minimum absolute atomic E-state index is 0.0340. The van der Waals surface area contributed by atoms with E-state index < -0.39 is 4.92 Å². The van der Waals surface area contributed by atoms with Crippen LogP contribution in [0, 0.1) is 22.0 Å². The summed E-state index contributed by atoms with van der Waals surface area (Å²) in [5.74, 6) is 1.38. The monoisotopic (exact) mass is 343 g/mol. The fourth-order valence-corrected chi connectivity index (χ4v) is 3.16. The van der Waals surface area contributed by atoms with E-state index in [2.05, 4.69) is 26.2 Å². The van der Waals surface area contributed by atoms with Crippen molar-refractivity contribution in [3.8, 4) is 0 Å². The minimum Gasteiger partial charge on any atom is -0.396 e. The summed E-state index contributed by atoms with van der Waals surface area (Å²) in [6.45, 7) is 0.954. The molecule has 2 atom stereocenters. The summed E-state index contributed by atoms with van der Waals surface area (Å²) >= 11 is 3.29. The zero-order valence-corrected chi connectivity index (χ0v) is 12.7. The summed E-state index contributed by atoms with van der Waals surface area (Å²) in [7, 11) is 0. The highest BCUT2D eigenvalue weighted by atomic mass is 79.9. The van der Waals surface area contributed by atoms with Crippen LogP contribution in [0.5, 0.6) is 0 Å². The third kappa shape index (κ3) is 3.67. The molecule has 0 aromatic carbocycles. The van der Waals surface area contributed by atoms with Crippen LogP contribution in [0.15, 0.2) is 16.7 Å².